The Morgan fingerprint density at radius 2 is 1.85 bits per heavy atom. The number of carbonyl (C=O) groups excluding carboxylic acids is 1. The van der Waals surface area contributed by atoms with Crippen molar-refractivity contribution in [2.45, 2.75) is 39.1 Å². The molecule has 0 amide bonds. The molecule has 0 saturated heterocycles. The molecule has 142 valence electrons. The van der Waals surface area contributed by atoms with Gasteiger partial charge >= 0.3 is 5.97 Å². The zero-order valence-corrected chi connectivity index (χ0v) is 15.4. The van der Waals surface area contributed by atoms with Gasteiger partial charge in [-0.15, -0.1) is 0 Å². The molecule has 0 bridgehead atoms. The number of fused-ring (bicyclic) bond motifs is 1. The summed E-state index contributed by atoms with van der Waals surface area (Å²) in [6, 6.07) is 15.3. The van der Waals surface area contributed by atoms with E-state index in [1.54, 1.807) is 12.1 Å². The summed E-state index contributed by atoms with van der Waals surface area (Å²) in [5, 5.41) is 21.0. The first-order valence-electron chi connectivity index (χ1n) is 8.92. The molecule has 0 radical (unpaired) electrons. The minimum absolute atomic E-state index is 0.344. The molecule has 0 aliphatic heterocycles. The van der Waals surface area contributed by atoms with Crippen LogP contribution in [0.5, 0.6) is 5.75 Å². The molecule has 0 aliphatic rings. The van der Waals surface area contributed by atoms with Crippen LogP contribution in [0.3, 0.4) is 0 Å². The van der Waals surface area contributed by atoms with Gasteiger partial charge in [0.25, 0.3) is 0 Å². The Balaban J connectivity index is 2.30. The molecule has 1 heterocycles. The third kappa shape index (κ3) is 3.73. The molecule has 0 saturated carbocycles. The standard InChI is InChI=1S/C21H24N2O4/c1-3-15-19(20(25)21(22)26)18-16(10-7-11-17(18)27-13(2)24)23(15)12-14-8-5-4-6-9-14/h4-11,20-21,25-26H,3,12,22H2,1-2H3. The number of esters is 1. The van der Waals surface area contributed by atoms with Crippen LogP contribution in [0.4, 0.5) is 0 Å². The zero-order chi connectivity index (χ0) is 19.6. The number of hydrogen-bond donors (Lipinski definition) is 3. The fourth-order valence-electron chi connectivity index (χ4n) is 3.51. The van der Waals surface area contributed by atoms with Gasteiger partial charge in [-0.05, 0) is 24.1 Å². The fourth-order valence-corrected chi connectivity index (χ4v) is 3.51. The molecule has 2 atom stereocenters. The van der Waals surface area contributed by atoms with E-state index in [1.165, 1.54) is 6.92 Å². The molecular weight excluding hydrogens is 344 g/mol. The number of aliphatic hydroxyl groups is 2. The Morgan fingerprint density at radius 1 is 1.15 bits per heavy atom. The van der Waals surface area contributed by atoms with Gasteiger partial charge in [-0.25, -0.2) is 0 Å². The maximum absolute atomic E-state index is 11.6. The van der Waals surface area contributed by atoms with Gasteiger partial charge in [-0.2, -0.15) is 0 Å². The Kier molecular flexibility index (Phi) is 5.60. The lowest BCUT2D eigenvalue weighted by Crippen LogP contribution is -2.28. The lowest BCUT2D eigenvalue weighted by Gasteiger charge is -2.17. The summed E-state index contributed by atoms with van der Waals surface area (Å²) in [7, 11) is 0. The predicted octanol–water partition coefficient (Wildman–Crippen LogP) is 2.49. The van der Waals surface area contributed by atoms with Crippen LogP contribution >= 0.6 is 0 Å². The van der Waals surface area contributed by atoms with Crippen LogP contribution in [-0.2, 0) is 17.8 Å². The summed E-state index contributed by atoms with van der Waals surface area (Å²) in [4.78, 5) is 11.6. The Hall–Kier alpha value is -2.67. The van der Waals surface area contributed by atoms with Crippen LogP contribution in [0.25, 0.3) is 10.9 Å². The molecule has 3 aromatic rings. The van der Waals surface area contributed by atoms with E-state index >= 15 is 0 Å². The molecule has 2 unspecified atom stereocenters. The van der Waals surface area contributed by atoms with E-state index in [4.69, 9.17) is 10.5 Å². The van der Waals surface area contributed by atoms with E-state index in [0.29, 0.717) is 29.7 Å². The molecule has 6 heteroatoms. The van der Waals surface area contributed by atoms with Crippen LogP contribution in [-0.4, -0.2) is 27.0 Å². The lowest BCUT2D eigenvalue weighted by molar-refractivity contribution is -0.131. The van der Waals surface area contributed by atoms with Crippen LogP contribution in [0.1, 0.15) is 36.8 Å². The Bertz CT molecular complexity index is 948. The van der Waals surface area contributed by atoms with Crippen LogP contribution < -0.4 is 10.5 Å². The Morgan fingerprint density at radius 3 is 2.44 bits per heavy atom. The van der Waals surface area contributed by atoms with Gasteiger partial charge in [0.15, 0.2) is 0 Å². The van der Waals surface area contributed by atoms with Crippen molar-refractivity contribution in [3.8, 4) is 5.75 Å². The largest absolute Gasteiger partial charge is 0.426 e. The van der Waals surface area contributed by atoms with Crippen molar-refractivity contribution in [1.82, 2.24) is 4.57 Å². The first-order chi connectivity index (χ1) is 12.9. The summed E-state index contributed by atoms with van der Waals surface area (Å²) >= 11 is 0. The van der Waals surface area contributed by atoms with E-state index in [-0.39, 0.29) is 0 Å². The normalized spacial score (nSPS) is 13.5. The van der Waals surface area contributed by atoms with E-state index in [9.17, 15) is 15.0 Å². The summed E-state index contributed by atoms with van der Waals surface area (Å²) < 4.78 is 7.44. The monoisotopic (exact) mass is 368 g/mol. The van der Waals surface area contributed by atoms with E-state index in [2.05, 4.69) is 4.57 Å². The van der Waals surface area contributed by atoms with Crippen molar-refractivity contribution < 1.29 is 19.7 Å². The first-order valence-corrected chi connectivity index (χ1v) is 8.92. The van der Waals surface area contributed by atoms with E-state index in [0.717, 1.165) is 16.8 Å². The Labute approximate surface area is 157 Å². The molecule has 3 rings (SSSR count). The molecule has 4 N–H and O–H groups in total. The van der Waals surface area contributed by atoms with Crippen molar-refractivity contribution >= 4 is 16.9 Å². The highest BCUT2D eigenvalue weighted by molar-refractivity contribution is 5.93. The highest BCUT2D eigenvalue weighted by atomic mass is 16.5. The van der Waals surface area contributed by atoms with Crippen molar-refractivity contribution in [1.29, 1.82) is 0 Å². The summed E-state index contributed by atoms with van der Waals surface area (Å²) in [5.41, 5.74) is 8.82. The molecule has 0 fully saturated rings. The average molecular weight is 368 g/mol. The number of ether oxygens (including phenoxy) is 1. The minimum Gasteiger partial charge on any atom is -0.426 e. The highest BCUT2D eigenvalue weighted by Crippen LogP contribution is 2.38. The van der Waals surface area contributed by atoms with E-state index in [1.807, 2.05) is 43.3 Å². The van der Waals surface area contributed by atoms with Gasteiger partial charge in [-0.1, -0.05) is 43.3 Å². The SMILES string of the molecule is CCc1c(C(O)C(N)O)c2c(OC(C)=O)cccc2n1Cc1ccccc1. The summed E-state index contributed by atoms with van der Waals surface area (Å²) in [6.45, 7) is 3.88. The van der Waals surface area contributed by atoms with Gasteiger partial charge < -0.3 is 25.3 Å². The van der Waals surface area contributed by atoms with Crippen LogP contribution in [0.15, 0.2) is 48.5 Å². The first kappa shape index (κ1) is 19.1. The summed E-state index contributed by atoms with van der Waals surface area (Å²) in [6.07, 6.45) is -2.13. The van der Waals surface area contributed by atoms with Gasteiger partial charge in [0.05, 0.1) is 5.52 Å². The number of nitrogens with zero attached hydrogens (tertiary/aromatic N) is 1. The number of aliphatic hydroxyl groups excluding tert-OH is 2. The topological polar surface area (TPSA) is 97.7 Å². The second-order valence-corrected chi connectivity index (χ2v) is 6.47. The average Bonchev–Trinajstić information content (AvgIpc) is 2.96. The second-order valence-electron chi connectivity index (χ2n) is 6.47. The zero-order valence-electron chi connectivity index (χ0n) is 15.4. The van der Waals surface area contributed by atoms with Gasteiger partial charge in [0.1, 0.15) is 18.1 Å². The molecule has 27 heavy (non-hydrogen) atoms. The highest BCUT2D eigenvalue weighted by Gasteiger charge is 2.27. The van der Waals surface area contributed by atoms with Crippen LogP contribution in [0, 0.1) is 0 Å². The number of benzene rings is 2. The fraction of sp³-hybridized carbons (Fsp3) is 0.286. The molecule has 1 aromatic heterocycles. The van der Waals surface area contributed by atoms with Crippen molar-refractivity contribution in [3.05, 3.63) is 65.4 Å². The maximum Gasteiger partial charge on any atom is 0.308 e. The van der Waals surface area contributed by atoms with Gasteiger partial charge in [-0.3, -0.25) is 4.79 Å². The van der Waals surface area contributed by atoms with Gasteiger partial charge in [0.2, 0.25) is 0 Å². The van der Waals surface area contributed by atoms with Crippen LogP contribution in [0.2, 0.25) is 0 Å². The smallest absolute Gasteiger partial charge is 0.308 e. The quantitative estimate of drug-likeness (QED) is 0.353. The summed E-state index contributed by atoms with van der Waals surface area (Å²) in [5.74, 6) is -0.110. The maximum atomic E-state index is 11.6. The number of aromatic nitrogens is 1. The number of carbonyl (C=O) groups is 1. The minimum atomic E-state index is -1.45. The number of nitrogens with two attached hydrogens (primary N) is 1. The van der Waals surface area contributed by atoms with Gasteiger partial charge in [0, 0.05) is 30.1 Å². The third-order valence-corrected chi connectivity index (χ3v) is 4.59. The molecule has 2 aromatic carbocycles. The molecule has 6 nitrogen and oxygen atoms in total. The third-order valence-electron chi connectivity index (χ3n) is 4.59. The number of rotatable bonds is 6. The molecular formula is C21H24N2O4. The molecule has 0 spiro atoms. The second kappa shape index (κ2) is 7.92. The van der Waals surface area contributed by atoms with Crippen molar-refractivity contribution in [2.75, 3.05) is 0 Å². The van der Waals surface area contributed by atoms with E-state index < -0.39 is 18.3 Å². The predicted molar refractivity (Wildman–Crippen MR) is 103 cm³/mol. The van der Waals surface area contributed by atoms with Crippen molar-refractivity contribution in [2.24, 2.45) is 5.73 Å². The number of hydrogen-bond acceptors (Lipinski definition) is 5. The van der Waals surface area contributed by atoms with Crippen molar-refractivity contribution in [3.63, 3.8) is 0 Å². The lowest BCUT2D eigenvalue weighted by atomic mass is 10.0. The molecule has 0 aliphatic carbocycles.